The predicted octanol–water partition coefficient (Wildman–Crippen LogP) is 2.79. The molecule has 3 rings (SSSR count). The molecule has 6 heteroatoms. The number of aromatic nitrogens is 2. The smallest absolute Gasteiger partial charge is 0.329 e. The highest BCUT2D eigenvalue weighted by atomic mass is 16.4. The average Bonchev–Trinajstić information content (AvgIpc) is 3.14. The van der Waals surface area contributed by atoms with Crippen molar-refractivity contribution in [1.29, 1.82) is 0 Å². The first-order chi connectivity index (χ1) is 12.0. The van der Waals surface area contributed by atoms with E-state index >= 15 is 0 Å². The van der Waals surface area contributed by atoms with Gasteiger partial charge in [-0.05, 0) is 36.6 Å². The van der Waals surface area contributed by atoms with Crippen LogP contribution in [0.1, 0.15) is 48.0 Å². The molecule has 0 atom stereocenters. The highest BCUT2D eigenvalue weighted by Gasteiger charge is 2.45. The molecule has 1 aromatic heterocycles. The molecular weight excluding hydrogens is 318 g/mol. The number of amides is 1. The number of carbonyl (C=O) groups excluding carboxylic acids is 1. The van der Waals surface area contributed by atoms with Gasteiger partial charge >= 0.3 is 5.97 Å². The van der Waals surface area contributed by atoms with Gasteiger partial charge in [-0.3, -0.25) is 9.48 Å². The normalized spacial score (nSPS) is 16.4. The quantitative estimate of drug-likeness (QED) is 0.907. The Labute approximate surface area is 147 Å². The zero-order valence-corrected chi connectivity index (χ0v) is 14.4. The summed E-state index contributed by atoms with van der Waals surface area (Å²) in [6, 6.07) is 9.16. The molecule has 0 unspecified atom stereocenters. The first-order valence-electron chi connectivity index (χ1n) is 8.61. The van der Waals surface area contributed by atoms with Crippen LogP contribution < -0.4 is 0 Å². The van der Waals surface area contributed by atoms with Crippen molar-refractivity contribution in [2.45, 2.75) is 44.2 Å². The monoisotopic (exact) mass is 341 g/mol. The third-order valence-corrected chi connectivity index (χ3v) is 5.13. The van der Waals surface area contributed by atoms with Crippen LogP contribution in [0.15, 0.2) is 42.7 Å². The van der Waals surface area contributed by atoms with Gasteiger partial charge in [0.05, 0.1) is 6.54 Å². The van der Waals surface area contributed by atoms with E-state index < -0.39 is 11.5 Å². The molecule has 1 amide bonds. The first kappa shape index (κ1) is 17.2. The molecule has 1 aliphatic rings. The zero-order valence-electron chi connectivity index (χ0n) is 14.4. The molecule has 0 saturated heterocycles. The third-order valence-electron chi connectivity index (χ3n) is 5.13. The lowest BCUT2D eigenvalue weighted by Gasteiger charge is -2.41. The second-order valence-electron chi connectivity index (χ2n) is 6.66. The van der Waals surface area contributed by atoms with Crippen LogP contribution in [0.25, 0.3) is 0 Å². The fraction of sp³-hybridized carbons (Fsp3) is 0.421. The van der Waals surface area contributed by atoms with E-state index in [4.69, 9.17) is 0 Å². The fourth-order valence-electron chi connectivity index (χ4n) is 3.55. The minimum atomic E-state index is -1.08. The van der Waals surface area contributed by atoms with E-state index in [9.17, 15) is 14.7 Å². The molecule has 0 bridgehead atoms. The number of carboxylic acid groups (broad SMARTS) is 1. The molecule has 1 aliphatic carbocycles. The molecule has 25 heavy (non-hydrogen) atoms. The lowest BCUT2D eigenvalue weighted by molar-refractivity contribution is -0.151. The molecule has 0 spiro atoms. The van der Waals surface area contributed by atoms with Gasteiger partial charge in [-0.1, -0.05) is 31.4 Å². The van der Waals surface area contributed by atoms with Gasteiger partial charge in [0, 0.05) is 25.0 Å². The zero-order chi connectivity index (χ0) is 17.9. The van der Waals surface area contributed by atoms with Crippen molar-refractivity contribution in [3.05, 3.63) is 53.9 Å². The van der Waals surface area contributed by atoms with Crippen LogP contribution in [0, 0.1) is 0 Å². The minimum absolute atomic E-state index is 0.241. The maximum atomic E-state index is 12.8. The summed E-state index contributed by atoms with van der Waals surface area (Å²) in [5.74, 6) is -1.15. The number of aliphatic carboxylic acids is 1. The summed E-state index contributed by atoms with van der Waals surface area (Å²) < 4.78 is 1.81. The van der Waals surface area contributed by atoms with E-state index in [1.54, 1.807) is 25.4 Å². The highest BCUT2D eigenvalue weighted by Crippen LogP contribution is 2.34. The average molecular weight is 341 g/mol. The summed E-state index contributed by atoms with van der Waals surface area (Å²) in [6.45, 7) is 0.635. The summed E-state index contributed by atoms with van der Waals surface area (Å²) in [6.07, 6.45) is 7.34. The van der Waals surface area contributed by atoms with Crippen molar-refractivity contribution >= 4 is 11.9 Å². The van der Waals surface area contributed by atoms with Crippen LogP contribution in [0.3, 0.4) is 0 Å². The third kappa shape index (κ3) is 3.43. The maximum Gasteiger partial charge on any atom is 0.329 e. The number of benzene rings is 1. The first-order valence-corrected chi connectivity index (χ1v) is 8.61. The van der Waals surface area contributed by atoms with Gasteiger partial charge in [-0.25, -0.2) is 4.79 Å². The van der Waals surface area contributed by atoms with Gasteiger partial charge in [0.25, 0.3) is 5.91 Å². The van der Waals surface area contributed by atoms with Crippen molar-refractivity contribution in [1.82, 2.24) is 14.7 Å². The second kappa shape index (κ2) is 7.09. The Morgan fingerprint density at radius 2 is 1.88 bits per heavy atom. The summed E-state index contributed by atoms with van der Waals surface area (Å²) >= 11 is 0. The largest absolute Gasteiger partial charge is 0.479 e. The number of carbonyl (C=O) groups is 2. The molecule has 1 aromatic carbocycles. The molecule has 1 N–H and O–H groups in total. The van der Waals surface area contributed by atoms with Gasteiger partial charge in [0.1, 0.15) is 5.54 Å². The molecule has 1 saturated carbocycles. The van der Waals surface area contributed by atoms with Gasteiger partial charge in [-0.15, -0.1) is 0 Å². The van der Waals surface area contributed by atoms with Crippen LogP contribution in [0.5, 0.6) is 0 Å². The SMILES string of the molecule is CN(C(=O)c1ccc(Cn2cccn2)cc1)C1(C(=O)O)CCCCC1. The summed E-state index contributed by atoms with van der Waals surface area (Å²) in [5, 5.41) is 13.9. The van der Waals surface area contributed by atoms with Crippen molar-refractivity contribution < 1.29 is 14.7 Å². The van der Waals surface area contributed by atoms with Crippen LogP contribution in [-0.2, 0) is 11.3 Å². The molecular formula is C19H23N3O3. The lowest BCUT2D eigenvalue weighted by atomic mass is 9.80. The van der Waals surface area contributed by atoms with E-state index in [-0.39, 0.29) is 5.91 Å². The fourth-order valence-corrected chi connectivity index (χ4v) is 3.55. The molecule has 1 fully saturated rings. The van der Waals surface area contributed by atoms with Crippen molar-refractivity contribution in [3.8, 4) is 0 Å². The van der Waals surface area contributed by atoms with Crippen LogP contribution in [-0.4, -0.2) is 44.3 Å². The Morgan fingerprint density at radius 1 is 1.20 bits per heavy atom. The van der Waals surface area contributed by atoms with E-state index in [0.717, 1.165) is 24.8 Å². The van der Waals surface area contributed by atoms with E-state index in [0.29, 0.717) is 24.9 Å². The topological polar surface area (TPSA) is 75.4 Å². The predicted molar refractivity (Wildman–Crippen MR) is 93.3 cm³/mol. The Morgan fingerprint density at radius 3 is 2.44 bits per heavy atom. The maximum absolute atomic E-state index is 12.8. The summed E-state index contributed by atoms with van der Waals surface area (Å²) in [4.78, 5) is 26.1. The van der Waals surface area contributed by atoms with Crippen molar-refractivity contribution in [2.24, 2.45) is 0 Å². The number of likely N-dealkylation sites (N-methyl/N-ethyl adjacent to an activating group) is 1. The van der Waals surface area contributed by atoms with Crippen LogP contribution in [0.4, 0.5) is 0 Å². The highest BCUT2D eigenvalue weighted by molar-refractivity contribution is 5.97. The standard InChI is InChI=1S/C19H23N3O3/c1-21(19(18(24)25)10-3-2-4-11-19)17(23)16-8-6-15(7-9-16)14-22-13-5-12-20-22/h5-9,12-13H,2-4,10-11,14H2,1H3,(H,24,25). The van der Waals surface area contributed by atoms with Crippen molar-refractivity contribution in [3.63, 3.8) is 0 Å². The number of hydrogen-bond donors (Lipinski definition) is 1. The molecule has 0 radical (unpaired) electrons. The van der Waals surface area contributed by atoms with Gasteiger partial charge in [0.2, 0.25) is 0 Å². The molecule has 1 heterocycles. The van der Waals surface area contributed by atoms with Gasteiger partial charge in [0.15, 0.2) is 0 Å². The van der Waals surface area contributed by atoms with E-state index in [1.165, 1.54) is 4.90 Å². The lowest BCUT2D eigenvalue weighted by Crippen LogP contribution is -2.56. The summed E-state index contributed by atoms with van der Waals surface area (Å²) in [7, 11) is 1.61. The number of nitrogens with zero attached hydrogens (tertiary/aromatic N) is 3. The Balaban J connectivity index is 1.76. The Kier molecular flexibility index (Phi) is 4.88. The van der Waals surface area contributed by atoms with E-state index in [1.807, 2.05) is 29.1 Å². The number of carboxylic acids is 1. The van der Waals surface area contributed by atoms with Crippen molar-refractivity contribution in [2.75, 3.05) is 7.05 Å². The molecule has 0 aliphatic heterocycles. The van der Waals surface area contributed by atoms with Crippen LogP contribution in [0.2, 0.25) is 0 Å². The number of hydrogen-bond acceptors (Lipinski definition) is 3. The van der Waals surface area contributed by atoms with Crippen LogP contribution >= 0.6 is 0 Å². The summed E-state index contributed by atoms with van der Waals surface area (Å²) in [5.41, 5.74) is 0.467. The molecule has 2 aromatic rings. The molecule has 6 nitrogen and oxygen atoms in total. The minimum Gasteiger partial charge on any atom is -0.479 e. The molecule has 132 valence electrons. The van der Waals surface area contributed by atoms with Gasteiger partial charge < -0.3 is 10.0 Å². The number of rotatable bonds is 5. The van der Waals surface area contributed by atoms with Gasteiger partial charge in [-0.2, -0.15) is 5.10 Å². The second-order valence-corrected chi connectivity index (χ2v) is 6.66. The Hall–Kier alpha value is -2.63. The Bertz CT molecular complexity index is 732. The van der Waals surface area contributed by atoms with E-state index in [2.05, 4.69) is 5.10 Å².